The number of fused-ring (bicyclic) bond motifs is 1. The second-order valence-corrected chi connectivity index (χ2v) is 5.02. The van der Waals surface area contributed by atoms with Gasteiger partial charge < -0.3 is 9.84 Å². The number of aromatic nitrogens is 4. The van der Waals surface area contributed by atoms with Crippen LogP contribution in [0.3, 0.4) is 0 Å². The minimum Gasteiger partial charge on any atom is -0.365 e. The Morgan fingerprint density at radius 3 is 2.87 bits per heavy atom. The molecule has 0 unspecified atom stereocenters. The van der Waals surface area contributed by atoms with Crippen LogP contribution in [-0.2, 0) is 6.54 Å². The second-order valence-electron chi connectivity index (χ2n) is 5.02. The third kappa shape index (κ3) is 2.62. The molecular formula is C17H13N5O. The van der Waals surface area contributed by atoms with Crippen molar-refractivity contribution in [3.63, 3.8) is 0 Å². The van der Waals surface area contributed by atoms with Crippen molar-refractivity contribution in [1.29, 1.82) is 0 Å². The van der Waals surface area contributed by atoms with Crippen LogP contribution in [0.5, 0.6) is 0 Å². The first kappa shape index (κ1) is 13.4. The summed E-state index contributed by atoms with van der Waals surface area (Å²) in [5.41, 5.74) is 3.50. The second kappa shape index (κ2) is 5.84. The standard InChI is InChI=1S/C17H13N5O/c1-4-12(16-13(5-1)11-21-23-16)10-19-17-14(6-2-8-18-17)15-7-3-9-20-22-15/h1-9,11H,10H2,(H,18,19). The zero-order chi connectivity index (χ0) is 15.5. The number of anilines is 1. The Kier molecular flexibility index (Phi) is 3.40. The van der Waals surface area contributed by atoms with Crippen molar-refractivity contribution in [2.45, 2.75) is 6.54 Å². The van der Waals surface area contributed by atoms with Gasteiger partial charge in [0.1, 0.15) is 5.82 Å². The first-order chi connectivity index (χ1) is 11.4. The number of rotatable bonds is 4. The first-order valence-electron chi connectivity index (χ1n) is 7.21. The summed E-state index contributed by atoms with van der Waals surface area (Å²) in [4.78, 5) is 4.41. The van der Waals surface area contributed by atoms with Crippen LogP contribution in [0.15, 0.2) is 65.6 Å². The lowest BCUT2D eigenvalue weighted by Gasteiger charge is -2.10. The molecule has 0 fully saturated rings. The van der Waals surface area contributed by atoms with Crippen LogP contribution >= 0.6 is 0 Å². The first-order valence-corrected chi connectivity index (χ1v) is 7.21. The highest BCUT2D eigenvalue weighted by Crippen LogP contribution is 2.25. The molecule has 0 aliphatic carbocycles. The molecule has 23 heavy (non-hydrogen) atoms. The molecule has 0 amide bonds. The fraction of sp³-hybridized carbons (Fsp3) is 0.0588. The Labute approximate surface area is 132 Å². The van der Waals surface area contributed by atoms with Gasteiger partial charge in [-0.15, -0.1) is 0 Å². The monoisotopic (exact) mass is 303 g/mol. The van der Waals surface area contributed by atoms with E-state index < -0.39 is 0 Å². The van der Waals surface area contributed by atoms with Crippen molar-refractivity contribution in [1.82, 2.24) is 20.3 Å². The van der Waals surface area contributed by atoms with Crippen LogP contribution in [0.25, 0.3) is 22.2 Å². The molecule has 112 valence electrons. The number of para-hydroxylation sites is 1. The van der Waals surface area contributed by atoms with E-state index in [0.29, 0.717) is 6.54 Å². The molecule has 0 bridgehead atoms. The van der Waals surface area contributed by atoms with Gasteiger partial charge in [-0.3, -0.25) is 0 Å². The fourth-order valence-electron chi connectivity index (χ4n) is 2.47. The molecule has 0 aliphatic heterocycles. The number of nitrogens with one attached hydrogen (secondary N) is 1. The molecule has 6 nitrogen and oxygen atoms in total. The van der Waals surface area contributed by atoms with Crippen molar-refractivity contribution < 1.29 is 4.52 Å². The van der Waals surface area contributed by atoms with Gasteiger partial charge in [0.2, 0.25) is 0 Å². The molecule has 4 rings (SSSR count). The van der Waals surface area contributed by atoms with E-state index in [9.17, 15) is 0 Å². The van der Waals surface area contributed by atoms with Crippen LogP contribution < -0.4 is 5.32 Å². The highest BCUT2D eigenvalue weighted by Gasteiger charge is 2.09. The Hall–Kier alpha value is -3.28. The van der Waals surface area contributed by atoms with Crippen molar-refractivity contribution in [2.75, 3.05) is 5.32 Å². The molecule has 3 heterocycles. The van der Waals surface area contributed by atoms with Crippen LogP contribution in [-0.4, -0.2) is 20.3 Å². The topological polar surface area (TPSA) is 76.7 Å². The van der Waals surface area contributed by atoms with E-state index in [1.54, 1.807) is 18.6 Å². The smallest absolute Gasteiger partial charge is 0.171 e. The number of hydrogen-bond donors (Lipinski definition) is 1. The van der Waals surface area contributed by atoms with Gasteiger partial charge in [0.05, 0.1) is 11.9 Å². The molecule has 0 saturated carbocycles. The SMILES string of the molecule is c1cnnc(-c2cccnc2NCc2cccc3cnoc23)c1. The lowest BCUT2D eigenvalue weighted by molar-refractivity contribution is 0.454. The summed E-state index contributed by atoms with van der Waals surface area (Å²) < 4.78 is 5.32. The Morgan fingerprint density at radius 2 is 1.96 bits per heavy atom. The van der Waals surface area contributed by atoms with E-state index in [-0.39, 0.29) is 0 Å². The quantitative estimate of drug-likeness (QED) is 0.623. The maximum atomic E-state index is 5.32. The van der Waals surface area contributed by atoms with Crippen LogP contribution in [0.2, 0.25) is 0 Å². The van der Waals surface area contributed by atoms with Gasteiger partial charge >= 0.3 is 0 Å². The van der Waals surface area contributed by atoms with Gasteiger partial charge in [0, 0.05) is 35.5 Å². The van der Waals surface area contributed by atoms with Gasteiger partial charge in [-0.25, -0.2) is 4.98 Å². The van der Waals surface area contributed by atoms with Crippen LogP contribution in [0.4, 0.5) is 5.82 Å². The third-order valence-corrected chi connectivity index (χ3v) is 3.57. The third-order valence-electron chi connectivity index (χ3n) is 3.57. The summed E-state index contributed by atoms with van der Waals surface area (Å²) in [6.45, 7) is 0.580. The molecule has 0 saturated heterocycles. The summed E-state index contributed by atoms with van der Waals surface area (Å²) in [6.07, 6.45) is 5.11. The Morgan fingerprint density at radius 1 is 1.00 bits per heavy atom. The summed E-state index contributed by atoms with van der Waals surface area (Å²) in [6, 6.07) is 13.6. The number of benzene rings is 1. The predicted octanol–water partition coefficient (Wildman–Crippen LogP) is 3.29. The van der Waals surface area contributed by atoms with Crippen LogP contribution in [0, 0.1) is 0 Å². The van der Waals surface area contributed by atoms with Gasteiger partial charge in [-0.05, 0) is 30.3 Å². The van der Waals surface area contributed by atoms with Crippen molar-refractivity contribution in [3.8, 4) is 11.3 Å². The maximum absolute atomic E-state index is 5.32. The van der Waals surface area contributed by atoms with Crippen molar-refractivity contribution >= 4 is 16.8 Å². The average molecular weight is 303 g/mol. The largest absolute Gasteiger partial charge is 0.365 e. The minimum absolute atomic E-state index is 0.580. The molecule has 0 radical (unpaired) electrons. The molecule has 1 aromatic carbocycles. The maximum Gasteiger partial charge on any atom is 0.171 e. The van der Waals surface area contributed by atoms with E-state index in [1.807, 2.05) is 42.5 Å². The van der Waals surface area contributed by atoms with Gasteiger partial charge in [0.15, 0.2) is 5.58 Å². The van der Waals surface area contributed by atoms with Gasteiger partial charge in [-0.2, -0.15) is 10.2 Å². The Balaban J connectivity index is 1.64. The summed E-state index contributed by atoms with van der Waals surface area (Å²) in [5.74, 6) is 0.754. The number of hydrogen-bond acceptors (Lipinski definition) is 6. The summed E-state index contributed by atoms with van der Waals surface area (Å²) in [5, 5.41) is 16.2. The van der Waals surface area contributed by atoms with E-state index in [4.69, 9.17) is 4.52 Å². The normalized spacial score (nSPS) is 10.8. The zero-order valence-electron chi connectivity index (χ0n) is 12.2. The van der Waals surface area contributed by atoms with E-state index in [2.05, 4.69) is 25.7 Å². The minimum atomic E-state index is 0.580. The van der Waals surface area contributed by atoms with Crippen LogP contribution in [0.1, 0.15) is 5.56 Å². The highest BCUT2D eigenvalue weighted by atomic mass is 16.5. The lowest BCUT2D eigenvalue weighted by atomic mass is 10.1. The molecule has 0 atom stereocenters. The molecular weight excluding hydrogens is 290 g/mol. The van der Waals surface area contributed by atoms with Crippen molar-refractivity contribution in [2.24, 2.45) is 0 Å². The van der Waals surface area contributed by atoms with E-state index in [0.717, 1.165) is 33.6 Å². The fourth-order valence-corrected chi connectivity index (χ4v) is 2.47. The summed E-state index contributed by atoms with van der Waals surface area (Å²) >= 11 is 0. The van der Waals surface area contributed by atoms with Gasteiger partial charge in [-0.1, -0.05) is 17.3 Å². The lowest BCUT2D eigenvalue weighted by Crippen LogP contribution is -2.03. The predicted molar refractivity (Wildman–Crippen MR) is 86.6 cm³/mol. The molecule has 6 heteroatoms. The molecule has 3 aromatic heterocycles. The average Bonchev–Trinajstić information content (AvgIpc) is 3.10. The van der Waals surface area contributed by atoms with Crippen molar-refractivity contribution in [3.05, 3.63) is 66.6 Å². The summed E-state index contributed by atoms with van der Waals surface area (Å²) in [7, 11) is 0. The molecule has 4 aromatic rings. The Bertz CT molecular complexity index is 936. The molecule has 0 spiro atoms. The van der Waals surface area contributed by atoms with Gasteiger partial charge in [0.25, 0.3) is 0 Å². The molecule has 0 aliphatic rings. The van der Waals surface area contributed by atoms with E-state index >= 15 is 0 Å². The number of nitrogens with zero attached hydrogens (tertiary/aromatic N) is 4. The zero-order valence-corrected chi connectivity index (χ0v) is 12.2. The highest BCUT2D eigenvalue weighted by molar-refractivity contribution is 5.79. The number of pyridine rings is 1. The van der Waals surface area contributed by atoms with E-state index in [1.165, 1.54) is 0 Å². The molecule has 1 N–H and O–H groups in total.